The molecule has 0 saturated heterocycles. The molecule has 0 unspecified atom stereocenters. The summed E-state index contributed by atoms with van der Waals surface area (Å²) in [5, 5.41) is 6.24. The average molecular weight is 291 g/mol. The Balaban J connectivity index is 2.24. The number of benzene rings is 1. The molecule has 0 aliphatic heterocycles. The van der Waals surface area contributed by atoms with Crippen LogP contribution >= 0.6 is 11.3 Å². The van der Waals surface area contributed by atoms with E-state index in [-0.39, 0.29) is 5.54 Å². The number of rotatable bonds is 4. The van der Waals surface area contributed by atoms with Crippen LogP contribution in [0.4, 0.5) is 11.4 Å². The summed E-state index contributed by atoms with van der Waals surface area (Å²) in [6, 6.07) is 5.06. The molecule has 2 rings (SSSR count). The Morgan fingerprint density at radius 1 is 1.45 bits per heavy atom. The van der Waals surface area contributed by atoms with Gasteiger partial charge in [0.25, 0.3) is 0 Å². The second-order valence-electron chi connectivity index (χ2n) is 4.88. The number of nitrogens with zero attached hydrogens (tertiary/aromatic N) is 1. The predicted molar refractivity (Wildman–Crippen MR) is 81.0 cm³/mol. The number of anilines is 2. The van der Waals surface area contributed by atoms with Gasteiger partial charge in [0.1, 0.15) is 5.01 Å². The number of carbonyl (C=O) groups excluding carboxylic acids is 1. The monoisotopic (exact) mass is 291 g/mol. The molecule has 0 aliphatic carbocycles. The van der Waals surface area contributed by atoms with Crippen LogP contribution in [0.5, 0.6) is 0 Å². The zero-order valence-electron chi connectivity index (χ0n) is 11.6. The number of nitrogens with one attached hydrogen (secondary N) is 1. The highest BCUT2D eigenvalue weighted by Gasteiger charge is 2.24. The summed E-state index contributed by atoms with van der Waals surface area (Å²) in [6.07, 6.45) is 1.77. The Morgan fingerprint density at radius 3 is 2.75 bits per heavy atom. The first kappa shape index (κ1) is 14.3. The van der Waals surface area contributed by atoms with Crippen molar-refractivity contribution >= 4 is 28.7 Å². The second kappa shape index (κ2) is 5.50. The largest absolute Gasteiger partial charge is 0.465 e. The van der Waals surface area contributed by atoms with Crippen LogP contribution in [-0.2, 0) is 10.3 Å². The van der Waals surface area contributed by atoms with Crippen LogP contribution in [0.15, 0.2) is 29.8 Å². The van der Waals surface area contributed by atoms with Gasteiger partial charge in [0.2, 0.25) is 0 Å². The van der Waals surface area contributed by atoms with E-state index in [0.29, 0.717) is 11.3 Å². The van der Waals surface area contributed by atoms with Crippen LogP contribution in [0.3, 0.4) is 0 Å². The predicted octanol–water partition coefficient (Wildman–Crippen LogP) is 2.86. The molecule has 20 heavy (non-hydrogen) atoms. The third kappa shape index (κ3) is 2.91. The molecule has 5 nitrogen and oxygen atoms in total. The molecular weight excluding hydrogens is 274 g/mol. The fraction of sp³-hybridized carbons (Fsp3) is 0.286. The smallest absolute Gasteiger partial charge is 0.337 e. The minimum absolute atomic E-state index is 0.338. The molecule has 0 radical (unpaired) electrons. The van der Waals surface area contributed by atoms with E-state index in [1.807, 2.05) is 19.2 Å². The van der Waals surface area contributed by atoms with E-state index in [1.165, 1.54) is 7.11 Å². The van der Waals surface area contributed by atoms with Crippen molar-refractivity contribution in [3.8, 4) is 0 Å². The minimum atomic E-state index is -0.401. The Hall–Kier alpha value is -2.08. The molecule has 0 atom stereocenters. The van der Waals surface area contributed by atoms with Crippen molar-refractivity contribution < 1.29 is 9.53 Å². The van der Waals surface area contributed by atoms with Crippen LogP contribution in [-0.4, -0.2) is 18.1 Å². The Labute approximate surface area is 121 Å². The highest BCUT2D eigenvalue weighted by molar-refractivity contribution is 7.09. The van der Waals surface area contributed by atoms with Crippen LogP contribution in [0.1, 0.15) is 29.2 Å². The summed E-state index contributed by atoms with van der Waals surface area (Å²) < 4.78 is 4.67. The molecule has 0 saturated carbocycles. The minimum Gasteiger partial charge on any atom is -0.465 e. The van der Waals surface area contributed by atoms with E-state index in [2.05, 4.69) is 15.0 Å². The van der Waals surface area contributed by atoms with Crippen LogP contribution in [0.25, 0.3) is 0 Å². The van der Waals surface area contributed by atoms with Gasteiger partial charge in [0.15, 0.2) is 0 Å². The zero-order chi connectivity index (χ0) is 14.8. The fourth-order valence-corrected chi connectivity index (χ4v) is 2.56. The van der Waals surface area contributed by atoms with E-state index < -0.39 is 5.97 Å². The normalized spacial score (nSPS) is 11.2. The Morgan fingerprint density at radius 2 is 2.20 bits per heavy atom. The number of hydrogen-bond acceptors (Lipinski definition) is 6. The number of methoxy groups -OCH3 is 1. The molecule has 1 aromatic heterocycles. The van der Waals surface area contributed by atoms with Gasteiger partial charge in [-0.15, -0.1) is 11.3 Å². The standard InChI is InChI=1S/C14H17N3O2S/c1-14(2,13-16-6-7-20-13)17-11-5-4-9(8-10(11)15)12(18)19-3/h4-8,17H,15H2,1-3H3. The second-order valence-corrected chi connectivity index (χ2v) is 5.78. The highest BCUT2D eigenvalue weighted by atomic mass is 32.1. The topological polar surface area (TPSA) is 77.2 Å². The molecule has 0 bridgehead atoms. The van der Waals surface area contributed by atoms with Gasteiger partial charge in [-0.2, -0.15) is 0 Å². The van der Waals surface area contributed by atoms with Crippen molar-refractivity contribution in [2.45, 2.75) is 19.4 Å². The molecule has 2 aromatic rings. The number of nitrogen functional groups attached to an aromatic ring is 1. The van der Waals surface area contributed by atoms with E-state index in [4.69, 9.17) is 5.73 Å². The van der Waals surface area contributed by atoms with E-state index in [1.54, 1.807) is 35.7 Å². The maximum atomic E-state index is 11.4. The van der Waals surface area contributed by atoms with Gasteiger partial charge in [0.05, 0.1) is 29.6 Å². The zero-order valence-corrected chi connectivity index (χ0v) is 12.5. The lowest BCUT2D eigenvalue weighted by molar-refractivity contribution is 0.0601. The lowest BCUT2D eigenvalue weighted by atomic mass is 10.1. The maximum Gasteiger partial charge on any atom is 0.337 e. The highest BCUT2D eigenvalue weighted by Crippen LogP contribution is 2.30. The SMILES string of the molecule is COC(=O)c1ccc(NC(C)(C)c2nccs2)c(N)c1. The van der Waals surface area contributed by atoms with Crippen molar-refractivity contribution in [2.75, 3.05) is 18.2 Å². The number of thiazole rings is 1. The quantitative estimate of drug-likeness (QED) is 0.669. The molecule has 1 aromatic carbocycles. The molecule has 0 spiro atoms. The number of hydrogen-bond donors (Lipinski definition) is 2. The van der Waals surface area contributed by atoms with Gasteiger partial charge in [-0.1, -0.05) is 0 Å². The molecule has 6 heteroatoms. The van der Waals surface area contributed by atoms with Gasteiger partial charge in [-0.25, -0.2) is 9.78 Å². The van der Waals surface area contributed by atoms with Crippen molar-refractivity contribution in [3.63, 3.8) is 0 Å². The molecule has 0 amide bonds. The molecule has 106 valence electrons. The third-order valence-corrected chi connectivity index (χ3v) is 3.98. The number of nitrogens with two attached hydrogens (primary N) is 1. The van der Waals surface area contributed by atoms with E-state index >= 15 is 0 Å². The summed E-state index contributed by atoms with van der Waals surface area (Å²) in [5.74, 6) is -0.401. The van der Waals surface area contributed by atoms with Gasteiger partial charge in [-0.05, 0) is 32.0 Å². The lowest BCUT2D eigenvalue weighted by Crippen LogP contribution is -2.28. The van der Waals surface area contributed by atoms with Crippen molar-refractivity contribution in [3.05, 3.63) is 40.3 Å². The molecule has 1 heterocycles. The van der Waals surface area contributed by atoms with Crippen LogP contribution in [0.2, 0.25) is 0 Å². The van der Waals surface area contributed by atoms with Crippen molar-refractivity contribution in [1.29, 1.82) is 0 Å². The summed E-state index contributed by atoms with van der Waals surface area (Å²) in [5.41, 5.74) is 7.34. The number of carbonyl (C=O) groups is 1. The maximum absolute atomic E-state index is 11.4. The van der Waals surface area contributed by atoms with Crippen molar-refractivity contribution in [2.24, 2.45) is 0 Å². The summed E-state index contributed by atoms with van der Waals surface area (Å²) in [7, 11) is 1.34. The van der Waals surface area contributed by atoms with E-state index in [0.717, 1.165) is 10.7 Å². The van der Waals surface area contributed by atoms with Gasteiger partial charge >= 0.3 is 5.97 Å². The van der Waals surface area contributed by atoms with Gasteiger partial charge < -0.3 is 15.8 Å². The summed E-state index contributed by atoms with van der Waals surface area (Å²) >= 11 is 1.58. The first-order valence-electron chi connectivity index (χ1n) is 6.10. The summed E-state index contributed by atoms with van der Waals surface area (Å²) in [6.45, 7) is 4.05. The van der Waals surface area contributed by atoms with Crippen molar-refractivity contribution in [1.82, 2.24) is 4.98 Å². The first-order valence-corrected chi connectivity index (χ1v) is 6.98. The summed E-state index contributed by atoms with van der Waals surface area (Å²) in [4.78, 5) is 15.8. The van der Waals surface area contributed by atoms with E-state index in [9.17, 15) is 4.79 Å². The molecular formula is C14H17N3O2S. The number of esters is 1. The average Bonchev–Trinajstić information content (AvgIpc) is 2.95. The third-order valence-electron chi connectivity index (χ3n) is 2.89. The Kier molecular flexibility index (Phi) is 3.94. The van der Waals surface area contributed by atoms with Crippen LogP contribution < -0.4 is 11.1 Å². The first-order chi connectivity index (χ1) is 9.44. The number of aromatic nitrogens is 1. The molecule has 0 aliphatic rings. The molecule has 0 fully saturated rings. The van der Waals surface area contributed by atoms with Gasteiger partial charge in [0, 0.05) is 11.6 Å². The molecule has 3 N–H and O–H groups in total. The van der Waals surface area contributed by atoms with Crippen LogP contribution in [0, 0.1) is 0 Å². The fourth-order valence-electron chi connectivity index (χ4n) is 1.84. The number of ether oxygens (including phenoxy) is 1. The van der Waals surface area contributed by atoms with Gasteiger partial charge in [-0.3, -0.25) is 0 Å². The Bertz CT molecular complexity index is 609. The lowest BCUT2D eigenvalue weighted by Gasteiger charge is -2.26.